The molecule has 3 heteroatoms. The molecule has 0 fully saturated rings. The van der Waals surface area contributed by atoms with Gasteiger partial charge in [0, 0.05) is 16.5 Å². The second-order valence-electron chi connectivity index (χ2n) is 10.9. The predicted molar refractivity (Wildman–Crippen MR) is 171 cm³/mol. The molecule has 0 heterocycles. The summed E-state index contributed by atoms with van der Waals surface area (Å²) in [6.45, 7) is 13.6. The Bertz CT molecular complexity index is 1010. The molecular weight excluding hydrogens is 519 g/mol. The van der Waals surface area contributed by atoms with Crippen molar-refractivity contribution in [2.45, 2.75) is 144 Å². The van der Waals surface area contributed by atoms with Crippen LogP contribution in [0.2, 0.25) is 0 Å². The third-order valence-electron chi connectivity index (χ3n) is 7.54. The molecule has 0 bridgehead atoms. The number of aryl methyl sites for hydroxylation is 4. The van der Waals surface area contributed by atoms with E-state index >= 15 is 0 Å². The maximum Gasteiger partial charge on any atom is 0.0636 e. The summed E-state index contributed by atoms with van der Waals surface area (Å²) in [5.74, 6) is 0. The smallest absolute Gasteiger partial charge is 0.0636 e. The van der Waals surface area contributed by atoms with Gasteiger partial charge in [-0.3, -0.25) is 9.98 Å². The number of hydrogen-bond donors (Lipinski definition) is 0. The zero-order valence-electron chi connectivity index (χ0n) is 26.0. The average Bonchev–Trinajstić information content (AvgIpc) is 2.94. The van der Waals surface area contributed by atoms with Crippen molar-refractivity contribution in [1.82, 2.24) is 0 Å². The topological polar surface area (TPSA) is 24.7 Å². The van der Waals surface area contributed by atoms with Crippen molar-refractivity contribution >= 4 is 22.8 Å². The van der Waals surface area contributed by atoms with Crippen molar-refractivity contribution < 1.29 is 16.5 Å². The number of aliphatic imine (C=N–C) groups is 2. The van der Waals surface area contributed by atoms with Gasteiger partial charge < -0.3 is 0 Å². The van der Waals surface area contributed by atoms with Gasteiger partial charge in [-0.15, -0.1) is 0 Å². The quantitative estimate of drug-likeness (QED) is 0.118. The Labute approximate surface area is 251 Å². The fourth-order valence-electron chi connectivity index (χ4n) is 5.05. The van der Waals surface area contributed by atoms with Gasteiger partial charge in [-0.1, -0.05) is 85.8 Å². The van der Waals surface area contributed by atoms with E-state index in [1.165, 1.54) is 98.6 Å². The van der Waals surface area contributed by atoms with Gasteiger partial charge in [0.25, 0.3) is 0 Å². The summed E-state index contributed by atoms with van der Waals surface area (Å²) in [6, 6.07) is 13.9. The van der Waals surface area contributed by atoms with Crippen molar-refractivity contribution in [2.24, 2.45) is 9.98 Å². The first-order valence-corrected chi connectivity index (χ1v) is 16.0. The van der Waals surface area contributed by atoms with E-state index in [9.17, 15) is 0 Å². The maximum absolute atomic E-state index is 5.27. The molecule has 2 nitrogen and oxygen atoms in total. The van der Waals surface area contributed by atoms with Crippen LogP contribution < -0.4 is 0 Å². The van der Waals surface area contributed by atoms with Crippen LogP contribution in [0.4, 0.5) is 11.4 Å². The van der Waals surface area contributed by atoms with Crippen molar-refractivity contribution in [3.05, 3.63) is 58.7 Å². The molecule has 0 N–H and O–H groups in total. The molecule has 0 aliphatic carbocycles. The average molecular weight is 576 g/mol. The van der Waals surface area contributed by atoms with Crippen LogP contribution in [-0.4, -0.2) is 11.4 Å². The second-order valence-corrected chi connectivity index (χ2v) is 10.9. The van der Waals surface area contributed by atoms with E-state index in [-0.39, 0.29) is 16.5 Å². The molecule has 2 aromatic rings. The summed E-state index contributed by atoms with van der Waals surface area (Å²) in [5, 5.41) is 0. The molecule has 0 amide bonds. The van der Waals surface area contributed by atoms with Crippen molar-refractivity contribution in [3.63, 3.8) is 0 Å². The zero-order chi connectivity index (χ0) is 27.6. The summed E-state index contributed by atoms with van der Waals surface area (Å²) in [5.41, 5.74) is 10.5. The third-order valence-corrected chi connectivity index (χ3v) is 7.54. The van der Waals surface area contributed by atoms with Crippen molar-refractivity contribution in [3.8, 4) is 0 Å². The standard InChI is InChI=1S/C36H56N2.Ni/c1-7-13-18-29-23-25-33(27-31(29)20-15-9-3)37-35(12-6)36(22-17-11-5)38-34-26-24-30(19-14-8-2)32(28-34)21-16-10-4;/h23-28H,7-22H2,1-6H3;/b37-35+,38-36+;. The Hall–Kier alpha value is -1.73. The van der Waals surface area contributed by atoms with Gasteiger partial charge in [0.1, 0.15) is 0 Å². The summed E-state index contributed by atoms with van der Waals surface area (Å²) < 4.78 is 0. The van der Waals surface area contributed by atoms with Crippen molar-refractivity contribution in [1.29, 1.82) is 0 Å². The first kappa shape index (κ1) is 35.3. The number of hydrogen-bond acceptors (Lipinski definition) is 2. The molecule has 0 saturated heterocycles. The van der Waals surface area contributed by atoms with Gasteiger partial charge >= 0.3 is 0 Å². The van der Waals surface area contributed by atoms with Crippen LogP contribution in [0.1, 0.15) is 141 Å². The second kappa shape index (κ2) is 21.1. The molecule has 0 saturated carbocycles. The zero-order valence-corrected chi connectivity index (χ0v) is 27.0. The molecular formula is C36H56N2Ni. The minimum absolute atomic E-state index is 0. The van der Waals surface area contributed by atoms with Crippen LogP contribution in [0, 0.1) is 0 Å². The van der Waals surface area contributed by atoms with Crippen LogP contribution in [-0.2, 0) is 42.2 Å². The van der Waals surface area contributed by atoms with Gasteiger partial charge in [0.2, 0.25) is 0 Å². The maximum atomic E-state index is 5.27. The molecule has 0 unspecified atom stereocenters. The SMILES string of the molecule is CCCCC(=N\c1ccc(CCCC)c(CCCC)c1)/C(CC)=N/c1ccc(CCCC)c(CCCC)c1.[Ni]. The number of rotatable bonds is 19. The molecule has 0 radical (unpaired) electrons. The molecule has 2 rings (SSSR count). The van der Waals surface area contributed by atoms with Gasteiger partial charge in [-0.05, 0) is 117 Å². The Morgan fingerprint density at radius 3 is 1.26 bits per heavy atom. The Balaban J connectivity index is 0.00000760. The van der Waals surface area contributed by atoms with Gasteiger partial charge in [-0.25, -0.2) is 0 Å². The molecule has 0 atom stereocenters. The first-order chi connectivity index (χ1) is 18.6. The fourth-order valence-corrected chi connectivity index (χ4v) is 5.05. The van der Waals surface area contributed by atoms with Crippen molar-refractivity contribution in [2.75, 3.05) is 0 Å². The number of nitrogens with zero attached hydrogens (tertiary/aromatic N) is 2. The van der Waals surface area contributed by atoms with E-state index in [0.717, 1.165) is 49.2 Å². The van der Waals surface area contributed by atoms with Gasteiger partial charge in [-0.2, -0.15) is 0 Å². The Kier molecular flexibility index (Phi) is 19.1. The number of unbranched alkanes of at least 4 members (excludes halogenated alkanes) is 5. The monoisotopic (exact) mass is 574 g/mol. The first-order valence-electron chi connectivity index (χ1n) is 16.0. The van der Waals surface area contributed by atoms with E-state index in [0.29, 0.717) is 0 Å². The number of benzene rings is 2. The minimum atomic E-state index is 0. The normalized spacial score (nSPS) is 12.1. The molecule has 0 spiro atoms. The predicted octanol–water partition coefficient (Wildman–Crippen LogP) is 11.5. The molecule has 2 aromatic carbocycles. The van der Waals surface area contributed by atoms with Crippen LogP contribution in [0.15, 0.2) is 46.4 Å². The molecule has 0 aliphatic heterocycles. The third kappa shape index (κ3) is 12.5. The molecule has 220 valence electrons. The van der Waals surface area contributed by atoms with E-state index < -0.39 is 0 Å². The van der Waals surface area contributed by atoms with Crippen LogP contribution >= 0.6 is 0 Å². The Morgan fingerprint density at radius 2 is 0.872 bits per heavy atom. The summed E-state index contributed by atoms with van der Waals surface area (Å²) in [4.78, 5) is 10.5. The molecule has 0 aromatic heterocycles. The molecule has 0 aliphatic rings. The molecule has 39 heavy (non-hydrogen) atoms. The van der Waals surface area contributed by atoms with E-state index in [4.69, 9.17) is 9.98 Å². The minimum Gasteiger partial charge on any atom is -0.252 e. The summed E-state index contributed by atoms with van der Waals surface area (Å²) in [7, 11) is 0. The van der Waals surface area contributed by atoms with Gasteiger partial charge in [0.05, 0.1) is 22.8 Å². The largest absolute Gasteiger partial charge is 0.252 e. The Morgan fingerprint density at radius 1 is 0.487 bits per heavy atom. The van der Waals surface area contributed by atoms with E-state index in [1.807, 2.05) is 0 Å². The summed E-state index contributed by atoms with van der Waals surface area (Å²) in [6.07, 6.45) is 18.8. The van der Waals surface area contributed by atoms with Crippen LogP contribution in [0.3, 0.4) is 0 Å². The van der Waals surface area contributed by atoms with E-state index in [1.54, 1.807) is 0 Å². The van der Waals surface area contributed by atoms with Gasteiger partial charge in [0.15, 0.2) is 0 Å². The summed E-state index contributed by atoms with van der Waals surface area (Å²) >= 11 is 0. The van der Waals surface area contributed by atoms with E-state index in [2.05, 4.69) is 77.9 Å². The van der Waals surface area contributed by atoms with Crippen LogP contribution in [0.5, 0.6) is 0 Å². The fraction of sp³-hybridized carbons (Fsp3) is 0.611. The van der Waals surface area contributed by atoms with Crippen LogP contribution in [0.25, 0.3) is 0 Å².